The van der Waals surface area contributed by atoms with Crippen LogP contribution in [0.4, 0.5) is 0 Å². The quantitative estimate of drug-likeness (QED) is 0.0972. The van der Waals surface area contributed by atoms with Crippen LogP contribution in [-0.2, 0) is 0 Å². The molecule has 4 heterocycles. The molecular weight excluding hydrogens is 1040 g/mol. The summed E-state index contributed by atoms with van der Waals surface area (Å²) in [6, 6.07) is 37.7. The van der Waals surface area contributed by atoms with Crippen molar-refractivity contribution in [1.82, 2.24) is 0 Å². The maximum atomic E-state index is 3.31. The van der Waals surface area contributed by atoms with Crippen molar-refractivity contribution in [2.24, 2.45) is 11.8 Å². The van der Waals surface area contributed by atoms with Crippen molar-refractivity contribution in [3.8, 4) is 33.4 Å². The van der Waals surface area contributed by atoms with Crippen molar-refractivity contribution >= 4 is 57.0 Å². The Balaban J connectivity index is 1.63. The summed E-state index contributed by atoms with van der Waals surface area (Å²) in [4.78, 5) is 6.63. The summed E-state index contributed by atoms with van der Waals surface area (Å²) in [5, 5.41) is 0. The van der Waals surface area contributed by atoms with Gasteiger partial charge in [0.15, 0.2) is 0 Å². The Hall–Kier alpha value is -3.42. The van der Waals surface area contributed by atoms with Gasteiger partial charge in [-0.15, -0.1) is 0 Å². The number of rotatable bonds is 14. The summed E-state index contributed by atoms with van der Waals surface area (Å²) in [5.41, 5.74) is 23.4. The van der Waals surface area contributed by atoms with E-state index in [1.54, 1.807) is 43.4 Å². The van der Waals surface area contributed by atoms with Gasteiger partial charge in [-0.05, 0) is 0 Å². The molecule has 1 spiro atoms. The molecule has 0 fully saturated rings. The fourth-order valence-electron chi connectivity index (χ4n) is 16.0. The van der Waals surface area contributed by atoms with Gasteiger partial charge in [0, 0.05) is 0 Å². The second-order valence-corrected chi connectivity index (χ2v) is 55.8. The standard InChI is InChI=1S/C70H94Ge2Si2/c1-42(2)50-28-23-29-51(43(3)4)64(50)57-34-26-35-58(65-52(44(5)6)30-24-31-53(65)45(7)8)68(57)71-40-62(73(17,18)19)72(63(41-71)74(20,21)22)69-59(66-54(46(9)10)32-25-33-55(66)47(11)12)36-27-37-60(69)67-56(48(13)14)38-39-61(71)70(67,72)49(15)16/h23-49,61H,1-22H3. The number of allylic oxidation sites excluding steroid dienone is 4. The zero-order valence-corrected chi connectivity index (χ0v) is 56.4. The monoisotopic (exact) mass is 1140 g/mol. The summed E-state index contributed by atoms with van der Waals surface area (Å²) in [5.74, 6) is 3.20. The Morgan fingerprint density at radius 3 is 1.00 bits per heavy atom. The van der Waals surface area contributed by atoms with E-state index in [0.29, 0.717) is 52.1 Å². The fraction of sp³-hybridized carbons (Fsp3) is 0.457. The first-order chi connectivity index (χ1) is 34.6. The maximum absolute atomic E-state index is 3.94. The van der Waals surface area contributed by atoms with Gasteiger partial charge in [0.25, 0.3) is 0 Å². The van der Waals surface area contributed by atoms with E-state index in [0.717, 1.165) is 0 Å². The molecule has 4 heteroatoms. The van der Waals surface area contributed by atoms with Crippen LogP contribution in [0.25, 0.3) is 39.0 Å². The molecule has 0 saturated carbocycles. The van der Waals surface area contributed by atoms with E-state index >= 15 is 0 Å². The molecule has 0 nitrogen and oxygen atoms in total. The number of fused-ring (bicyclic) bond motifs is 2. The number of benzene rings is 5. The van der Waals surface area contributed by atoms with Crippen LogP contribution in [0.3, 0.4) is 0 Å². The normalized spacial score (nSPS) is 22.4. The second kappa shape index (κ2) is 19.5. The molecule has 2 bridgehead atoms. The van der Waals surface area contributed by atoms with Crippen LogP contribution in [-0.4, -0.2) is 42.7 Å². The molecule has 5 aromatic rings. The van der Waals surface area contributed by atoms with Crippen LogP contribution in [0, 0.1) is 11.8 Å². The molecule has 0 radical (unpaired) electrons. The molecule has 1 aliphatic carbocycles. The van der Waals surface area contributed by atoms with Crippen molar-refractivity contribution < 1.29 is 0 Å². The zero-order chi connectivity index (χ0) is 54.1. The van der Waals surface area contributed by atoms with Crippen LogP contribution >= 0.6 is 0 Å². The van der Waals surface area contributed by atoms with Crippen LogP contribution < -0.4 is 8.79 Å². The van der Waals surface area contributed by atoms with Crippen LogP contribution in [0.1, 0.15) is 185 Å². The summed E-state index contributed by atoms with van der Waals surface area (Å²) < 4.78 is 8.09. The van der Waals surface area contributed by atoms with E-state index in [1.165, 1.54) is 44.5 Å². The second-order valence-electron chi connectivity index (χ2n) is 28.0. The van der Waals surface area contributed by atoms with Gasteiger partial charge in [-0.1, -0.05) is 0 Å². The van der Waals surface area contributed by atoms with Gasteiger partial charge in [-0.3, -0.25) is 0 Å². The van der Waals surface area contributed by atoms with Crippen molar-refractivity contribution in [1.29, 1.82) is 0 Å². The fourth-order valence-corrected chi connectivity index (χ4v) is 84.4. The van der Waals surface area contributed by atoms with E-state index in [9.17, 15) is 0 Å². The predicted molar refractivity (Wildman–Crippen MR) is 340 cm³/mol. The molecule has 0 amide bonds. The predicted octanol–water partition coefficient (Wildman–Crippen LogP) is 20.0. The van der Waals surface area contributed by atoms with E-state index in [4.69, 9.17) is 0 Å². The Morgan fingerprint density at radius 2 is 0.703 bits per heavy atom. The molecule has 5 aromatic carbocycles. The van der Waals surface area contributed by atoms with E-state index in [1.807, 2.05) is 12.5 Å². The Labute approximate surface area is 458 Å². The van der Waals surface area contributed by atoms with Crippen LogP contribution in [0.5, 0.6) is 0 Å². The molecule has 2 unspecified atom stereocenters. The van der Waals surface area contributed by atoms with Crippen molar-refractivity contribution in [3.63, 3.8) is 0 Å². The first-order valence-corrected chi connectivity index (χ1v) is 45.1. The molecule has 2 atom stereocenters. The van der Waals surface area contributed by atoms with Gasteiger partial charge in [0.05, 0.1) is 0 Å². The third-order valence-corrected chi connectivity index (χ3v) is 61.9. The summed E-state index contributed by atoms with van der Waals surface area (Å²) in [6.07, 6.45) is 5.70. The van der Waals surface area contributed by atoms with Gasteiger partial charge >= 0.3 is 462 Å². The number of hydrogen-bond donors (Lipinski definition) is 0. The molecule has 10 rings (SSSR count). The first kappa shape index (κ1) is 55.3. The molecule has 0 saturated heterocycles. The van der Waals surface area contributed by atoms with Crippen molar-refractivity contribution in [3.05, 3.63) is 166 Å². The molecular formula is C70H94Ge2Si2. The van der Waals surface area contributed by atoms with E-state index in [2.05, 4.69) is 263 Å². The topological polar surface area (TPSA) is 0 Å². The van der Waals surface area contributed by atoms with Crippen LogP contribution in [0.2, 0.25) is 48.3 Å². The summed E-state index contributed by atoms with van der Waals surface area (Å²) in [7, 11) is -4.28. The van der Waals surface area contributed by atoms with Gasteiger partial charge < -0.3 is 0 Å². The third-order valence-electron chi connectivity index (χ3n) is 18.7. The Bertz CT molecular complexity index is 2970. The molecule has 4 aliphatic heterocycles. The summed E-state index contributed by atoms with van der Waals surface area (Å²) in [6.45, 7) is 56.7. The third kappa shape index (κ3) is 7.94. The molecule has 0 N–H and O–H groups in total. The Kier molecular flexibility index (Phi) is 14.6. The van der Waals surface area contributed by atoms with E-state index < -0.39 is 42.7 Å². The molecule has 5 aliphatic rings. The molecule has 74 heavy (non-hydrogen) atoms. The minimum atomic E-state index is -3.94. The minimum absolute atomic E-state index is 0.00639. The average molecular weight is 1140 g/mol. The van der Waals surface area contributed by atoms with Gasteiger partial charge in [0.1, 0.15) is 0 Å². The van der Waals surface area contributed by atoms with Crippen LogP contribution in [0.15, 0.2) is 127 Å². The Morgan fingerprint density at radius 1 is 0.392 bits per heavy atom. The first-order valence-electron chi connectivity index (χ1n) is 29.2. The van der Waals surface area contributed by atoms with E-state index in [-0.39, 0.29) is 4.25 Å². The summed E-state index contributed by atoms with van der Waals surface area (Å²) >= 11 is -7.82. The molecule has 0 aromatic heterocycles. The van der Waals surface area contributed by atoms with Gasteiger partial charge in [-0.25, -0.2) is 0 Å². The van der Waals surface area contributed by atoms with Crippen molar-refractivity contribution in [2.45, 2.75) is 195 Å². The average Bonchev–Trinajstić information content (AvgIpc) is 3.61. The molecule has 390 valence electrons. The zero-order valence-electron chi connectivity index (χ0n) is 50.2. The number of hydrogen-bond acceptors (Lipinski definition) is 0. The van der Waals surface area contributed by atoms with Crippen molar-refractivity contribution in [2.75, 3.05) is 0 Å². The SMILES string of the molecule is CC(C)C1=C2c3cccc(-c4c(C(C)C)cccc4C(C)C)[c]3[Ge]34[C]([Si](C)(C)C)=[CH][Ge]([c]5c(-c6c(C(C)C)cccc6C(C)C)cccc5-c5c(C(C)C)cccc5C(C)C)([CH]=[C]3[Si](C)(C)C)[CH](C=C1)[C]24C(C)C. The van der Waals surface area contributed by atoms with Gasteiger partial charge in [-0.2, -0.15) is 0 Å². The van der Waals surface area contributed by atoms with Gasteiger partial charge in [0.2, 0.25) is 0 Å².